The van der Waals surface area contributed by atoms with Gasteiger partial charge < -0.3 is 41.1 Å². The topological polar surface area (TPSA) is 117 Å². The fourth-order valence-corrected chi connectivity index (χ4v) is 14.2. The fourth-order valence-electron chi connectivity index (χ4n) is 7.71. The van der Waals surface area contributed by atoms with Crippen molar-refractivity contribution in [3.8, 4) is 12.0 Å². The summed E-state index contributed by atoms with van der Waals surface area (Å²) in [4.78, 5) is 29.6. The van der Waals surface area contributed by atoms with Crippen LogP contribution in [0.1, 0.15) is 134 Å². The van der Waals surface area contributed by atoms with E-state index in [0.717, 1.165) is 0 Å². The molecule has 1 aliphatic rings. The van der Waals surface area contributed by atoms with Crippen molar-refractivity contribution in [1.29, 1.82) is 0 Å². The van der Waals surface area contributed by atoms with Gasteiger partial charge in [-0.15, -0.1) is 0 Å². The number of alkyl halides is 1. The first-order valence-corrected chi connectivity index (χ1v) is 43.5. The van der Waals surface area contributed by atoms with Crippen LogP contribution in [0.25, 0.3) is 0 Å². The van der Waals surface area contributed by atoms with Gasteiger partial charge in [-0.1, -0.05) is 138 Å². The molecule has 1 aromatic carbocycles. The number of hydrogen-bond donors (Lipinski definition) is 0. The molecule has 0 amide bonds. The first kappa shape index (κ1) is 69.1. The molecule has 1 fully saturated rings. The third-order valence-corrected chi connectivity index (χ3v) is 36.5. The van der Waals surface area contributed by atoms with Crippen molar-refractivity contribution in [1.82, 2.24) is 0 Å². The fraction of sp³-hybridized carbons (Fsp3) is 0.825. The number of esters is 1. The summed E-state index contributed by atoms with van der Waals surface area (Å²) < 4.78 is 61.9. The number of halogens is 1. The highest BCUT2D eigenvalue weighted by Crippen LogP contribution is 2.45. The van der Waals surface area contributed by atoms with Crippen LogP contribution in [0, 0.1) is 29.8 Å². The van der Waals surface area contributed by atoms with Gasteiger partial charge in [0.15, 0.2) is 45.7 Å². The highest BCUT2D eigenvalue weighted by atomic mass is 79.9. The minimum absolute atomic E-state index is 0.0379. The summed E-state index contributed by atoms with van der Waals surface area (Å²) in [5.74, 6) is 1.07. The van der Waals surface area contributed by atoms with Gasteiger partial charge in [0.05, 0.1) is 42.2 Å². The lowest BCUT2D eigenvalue weighted by molar-refractivity contribution is -0.261. The summed E-state index contributed by atoms with van der Waals surface area (Å²) in [5.41, 5.74) is 0.391. The zero-order valence-corrected chi connectivity index (χ0v) is 58.4. The molecular weight excluding hydrogens is 1080 g/mol. The van der Waals surface area contributed by atoms with E-state index in [1.54, 1.807) is 31.4 Å². The summed E-state index contributed by atoms with van der Waals surface area (Å²) >= 11 is 3.83. The second-order valence-corrected chi connectivity index (χ2v) is 52.5. The molecule has 2 rings (SSSR count). The van der Waals surface area contributed by atoms with Gasteiger partial charge in [0.1, 0.15) is 11.9 Å². The molecule has 0 saturated carbocycles. The Hall–Kier alpha value is -0.996. The van der Waals surface area contributed by atoms with Crippen LogP contribution in [0.3, 0.4) is 0 Å². The van der Waals surface area contributed by atoms with Crippen LogP contribution in [0.15, 0.2) is 30.3 Å². The summed E-state index contributed by atoms with van der Waals surface area (Å²) in [6, 6.07) is 8.89. The van der Waals surface area contributed by atoms with Crippen molar-refractivity contribution in [2.45, 2.75) is 271 Å². The average Bonchev–Trinajstić information content (AvgIpc) is 3.24. The van der Waals surface area contributed by atoms with Gasteiger partial charge in [-0.25, -0.2) is 4.79 Å². The predicted octanol–water partition coefficient (Wildman–Crippen LogP) is 15.4. The lowest BCUT2D eigenvalue weighted by Gasteiger charge is -2.50. The van der Waals surface area contributed by atoms with Crippen molar-refractivity contribution in [2.24, 2.45) is 17.8 Å². The minimum atomic E-state index is -2.61. The summed E-state index contributed by atoms with van der Waals surface area (Å²) in [6.07, 6.45) is -1.79. The van der Waals surface area contributed by atoms with Crippen LogP contribution >= 0.6 is 15.9 Å². The molecule has 0 bridgehead atoms. The van der Waals surface area contributed by atoms with Crippen LogP contribution in [0.4, 0.5) is 0 Å². The number of carbonyl (C=O) groups is 2. The highest BCUT2D eigenvalue weighted by molar-refractivity contribution is 9.09. The molecule has 11 nitrogen and oxygen atoms in total. The molecule has 0 aromatic heterocycles. The number of hydrogen-bond acceptors (Lipinski definition) is 11. The van der Waals surface area contributed by atoms with Gasteiger partial charge in [0, 0.05) is 49.1 Å². The minimum Gasteiger partial charge on any atom is -0.501 e. The first-order valence-electron chi connectivity index (χ1n) is 27.3. The maximum Gasteiger partial charge on any atom is 0.338 e. The standard InChI is InChI=1S/C57H107BrO11Si5/c1-39(42(4)66-71(21,22)54(5,6)7)46(63-49-37-47(67-72(23,24)55(8,9)10)52(48(38-58)64-49)69-74(27,28)57(14,15)16)36-44(59)40(2)50(68-73(25,26)56(11,12)13)41(3)51(45(61-17)34-35-62-70(18,19)20)65-53(60)43-32-30-29-31-33-43/h29-33,39-42,45-52H,36-38H2,1-28H3/t39-,40-,41-,42-,45+,46-,47-,48-,49-,50+,51-,52+/m1/s1. The Morgan fingerprint density at radius 3 is 1.64 bits per heavy atom. The Morgan fingerprint density at radius 2 is 1.18 bits per heavy atom. The van der Waals surface area contributed by atoms with Crippen LogP contribution in [0.2, 0.25) is 92.2 Å². The summed E-state index contributed by atoms with van der Waals surface area (Å²) in [5, 5.41) is 0.165. The van der Waals surface area contributed by atoms with Crippen LogP contribution in [0.5, 0.6) is 0 Å². The van der Waals surface area contributed by atoms with Crippen molar-refractivity contribution in [3.05, 3.63) is 35.9 Å². The molecule has 0 N–H and O–H groups in total. The molecular formula is C57H107BrO11Si5. The smallest absolute Gasteiger partial charge is 0.338 e. The maximum atomic E-state index is 15.6. The van der Waals surface area contributed by atoms with Gasteiger partial charge in [-0.3, -0.25) is 4.79 Å². The summed E-state index contributed by atoms with van der Waals surface area (Å²) in [6.45, 7) is 59.2. The van der Waals surface area contributed by atoms with Gasteiger partial charge in [0.25, 0.3) is 8.32 Å². The van der Waals surface area contributed by atoms with Crippen LogP contribution in [-0.4, -0.2) is 121 Å². The Labute approximate surface area is 466 Å². The van der Waals surface area contributed by atoms with E-state index in [2.05, 4.69) is 197 Å². The van der Waals surface area contributed by atoms with Crippen molar-refractivity contribution in [3.63, 3.8) is 0 Å². The molecule has 428 valence electrons. The molecule has 0 unspecified atom stereocenters. The molecule has 0 radical (unpaired) electrons. The molecule has 1 aromatic rings. The number of ether oxygens (including phenoxy) is 4. The van der Waals surface area contributed by atoms with E-state index in [1.807, 2.05) is 19.9 Å². The molecule has 1 heterocycles. The van der Waals surface area contributed by atoms with E-state index in [9.17, 15) is 4.79 Å². The third kappa shape index (κ3) is 19.4. The van der Waals surface area contributed by atoms with E-state index >= 15 is 4.79 Å². The molecule has 17 heteroatoms. The van der Waals surface area contributed by atoms with Crippen molar-refractivity contribution >= 4 is 69.3 Å². The van der Waals surface area contributed by atoms with Gasteiger partial charge >= 0.3 is 5.97 Å². The maximum absolute atomic E-state index is 15.6. The second-order valence-electron chi connectivity index (χ2n) is 28.4. The van der Waals surface area contributed by atoms with E-state index in [1.165, 1.54) is 0 Å². The molecule has 0 spiro atoms. The van der Waals surface area contributed by atoms with E-state index in [-0.39, 0.29) is 62.7 Å². The predicted molar refractivity (Wildman–Crippen MR) is 322 cm³/mol. The van der Waals surface area contributed by atoms with Gasteiger partial charge in [0.2, 0.25) is 0 Å². The average molecular weight is 1190 g/mol. The third-order valence-electron chi connectivity index (χ3n) is 17.1. The lowest BCUT2D eigenvalue weighted by atomic mass is 9.82. The first-order chi connectivity index (χ1) is 33.2. The van der Waals surface area contributed by atoms with E-state index < -0.39 is 90.1 Å². The molecule has 74 heavy (non-hydrogen) atoms. The Morgan fingerprint density at radius 1 is 0.689 bits per heavy atom. The second kappa shape index (κ2) is 26.5. The van der Waals surface area contributed by atoms with E-state index in [0.29, 0.717) is 17.3 Å². The zero-order valence-electron chi connectivity index (χ0n) is 51.8. The lowest BCUT2D eigenvalue weighted by Crippen LogP contribution is -2.60. The van der Waals surface area contributed by atoms with Crippen molar-refractivity contribution in [2.75, 3.05) is 12.4 Å². The summed E-state index contributed by atoms with van der Waals surface area (Å²) in [7, 11) is -10.0. The van der Waals surface area contributed by atoms with Crippen molar-refractivity contribution < 1.29 is 50.7 Å². The highest BCUT2D eigenvalue weighted by Gasteiger charge is 2.52. The number of ketones is 1. The van der Waals surface area contributed by atoms with E-state index in [4.69, 9.17) is 41.1 Å². The number of carbonyl (C=O) groups excluding carboxylic acids is 2. The monoisotopic (exact) mass is 1190 g/mol. The molecule has 12 atom stereocenters. The Kier molecular flexibility index (Phi) is 24.8. The van der Waals surface area contributed by atoms with Gasteiger partial charge in [-0.05, 0) is 117 Å². The normalized spacial score (nSPS) is 22.3. The molecule has 1 aliphatic heterocycles. The largest absolute Gasteiger partial charge is 0.501 e. The number of methoxy groups -OCH3 is 1. The Balaban J connectivity index is 2.88. The zero-order chi connectivity index (χ0) is 57.6. The molecule has 0 aliphatic carbocycles. The number of rotatable bonds is 24. The van der Waals surface area contributed by atoms with Crippen LogP contribution in [-0.2, 0) is 45.9 Å². The van der Waals surface area contributed by atoms with Crippen LogP contribution < -0.4 is 0 Å². The van der Waals surface area contributed by atoms with Gasteiger partial charge in [-0.2, -0.15) is 0 Å². The SMILES string of the molecule is CO[C@@H](C#CO[Si](C)(C)C)[C@H](OC(=O)c1ccccc1)[C@H](C)[C@@H](O[Si](C)(C)C(C)(C)C)[C@H](C)C(=O)C[C@@H](O[C@H]1C[C@@H](O[Si](C)(C)C(C)(C)C)[C@H](O[Si](C)(C)C(C)(C)C)[C@@H](CBr)O1)[C@H](C)[C@@H](C)O[Si](C)(C)C(C)(C)C. The number of Topliss-reactive ketones (excluding diaryl/α,β-unsaturated/α-hetero) is 1. The number of benzene rings is 1. The molecule has 1 saturated heterocycles. The Bertz CT molecular complexity index is 1990. The quantitative estimate of drug-likeness (QED) is 0.0426.